The van der Waals surface area contributed by atoms with E-state index in [4.69, 9.17) is 5.73 Å². The van der Waals surface area contributed by atoms with E-state index in [1.807, 2.05) is 4.90 Å². The van der Waals surface area contributed by atoms with Crippen molar-refractivity contribution in [2.45, 2.75) is 239 Å². The third-order valence-electron chi connectivity index (χ3n) is 24.4. The largest absolute Gasteiger partial charge is 0.396 e. The predicted octanol–water partition coefficient (Wildman–Crippen LogP) is 8.13. The van der Waals surface area contributed by atoms with Crippen molar-refractivity contribution < 1.29 is 45.0 Å². The molecule has 0 bridgehead atoms. The van der Waals surface area contributed by atoms with E-state index in [-0.39, 0.29) is 88.5 Å². The molecule has 76 heavy (non-hydrogen) atoms. The van der Waals surface area contributed by atoms with Crippen LogP contribution in [0.15, 0.2) is 0 Å². The van der Waals surface area contributed by atoms with Crippen molar-refractivity contribution in [3.8, 4) is 0 Å². The molecule has 0 heterocycles. The van der Waals surface area contributed by atoms with Crippen LogP contribution in [0, 0.1) is 99.1 Å². The normalized spacial score (nSPS) is 42.3. The Morgan fingerprint density at radius 2 is 1.18 bits per heavy atom. The molecule has 22 atom stereocenters. The standard InChI is InChI=1S/C63H110N4O9/c1-39(48-19-21-50-59-42(38-68)32-43-35-45(70)25-26-61(43,3)52(59)37-55(73)62(48,50)4)16-24-57(75)66-29-13-31-67(58(76)14-9-7-6-8-10-27-64)30-12-11-28-65-56(74)23-15-40(2)49-20-22-51-60-47(36-54(72)63(49,51)5)46-18-17-44(69)33-41(46)34-53(60)71/h39-55,59-60,68-73H,6-38,64H2,1-5H3,(H,65,74)(H,66,75)/t39-,40-,41?,42?,43?,44?,45?,46?,47?,48?,49?,50?,51?,52?,53?,54?,55?,59?,60?,61?,62?,63?/m1/s1. The summed E-state index contributed by atoms with van der Waals surface area (Å²) in [5.74, 6) is 4.75. The van der Waals surface area contributed by atoms with Gasteiger partial charge in [-0.25, -0.2) is 0 Å². The van der Waals surface area contributed by atoms with E-state index in [9.17, 15) is 45.0 Å². The molecular weight excluding hydrogens is 957 g/mol. The van der Waals surface area contributed by atoms with E-state index in [1.54, 1.807) is 0 Å². The average Bonchev–Trinajstić information content (AvgIpc) is 3.99. The molecule has 20 unspecified atom stereocenters. The van der Waals surface area contributed by atoms with Gasteiger partial charge in [-0.05, 0) is 240 Å². The smallest absolute Gasteiger partial charge is 0.222 e. The Bertz CT molecular complexity index is 1890. The lowest BCUT2D eigenvalue weighted by molar-refractivity contribution is -0.197. The van der Waals surface area contributed by atoms with Gasteiger partial charge in [-0.2, -0.15) is 0 Å². The van der Waals surface area contributed by atoms with Crippen LogP contribution in [0.1, 0.15) is 208 Å². The fraction of sp³-hybridized carbons (Fsp3) is 0.952. The number of nitrogens with one attached hydrogen (secondary N) is 2. The first-order chi connectivity index (χ1) is 36.4. The monoisotopic (exact) mass is 1070 g/mol. The Hall–Kier alpha value is -1.87. The van der Waals surface area contributed by atoms with E-state index < -0.39 is 12.2 Å². The van der Waals surface area contributed by atoms with Gasteiger partial charge in [0.2, 0.25) is 17.7 Å². The Balaban J connectivity index is 0.749. The molecule has 10 N–H and O–H groups in total. The van der Waals surface area contributed by atoms with Crippen molar-refractivity contribution in [2.24, 2.45) is 105 Å². The Kier molecular flexibility index (Phi) is 20.9. The van der Waals surface area contributed by atoms with Gasteiger partial charge in [-0.3, -0.25) is 14.4 Å². The number of carbonyl (C=O) groups excluding carboxylic acids is 3. The Morgan fingerprint density at radius 3 is 1.84 bits per heavy atom. The third-order valence-corrected chi connectivity index (χ3v) is 24.4. The van der Waals surface area contributed by atoms with Crippen molar-refractivity contribution in [1.82, 2.24) is 15.5 Å². The summed E-state index contributed by atoms with van der Waals surface area (Å²) in [6.45, 7) is 14.7. The molecule has 0 aromatic carbocycles. The number of aliphatic hydroxyl groups is 6. The van der Waals surface area contributed by atoms with Gasteiger partial charge in [0.05, 0.1) is 30.5 Å². The minimum atomic E-state index is -0.417. The molecule has 3 amide bonds. The molecule has 0 aromatic heterocycles. The van der Waals surface area contributed by atoms with Crippen LogP contribution in [0.25, 0.3) is 0 Å². The maximum atomic E-state index is 13.6. The number of nitrogens with two attached hydrogens (primary N) is 1. The van der Waals surface area contributed by atoms with Crippen molar-refractivity contribution in [3.63, 3.8) is 0 Å². The van der Waals surface area contributed by atoms with Crippen molar-refractivity contribution >= 4 is 17.7 Å². The van der Waals surface area contributed by atoms with Crippen LogP contribution in [-0.2, 0) is 14.4 Å². The fourth-order valence-electron chi connectivity index (χ4n) is 20.2. The van der Waals surface area contributed by atoms with Gasteiger partial charge < -0.3 is 51.9 Å². The van der Waals surface area contributed by atoms with Crippen LogP contribution in [0.3, 0.4) is 0 Å². The Labute approximate surface area is 459 Å². The molecule has 0 spiro atoms. The van der Waals surface area contributed by atoms with E-state index in [2.05, 4.69) is 45.3 Å². The highest BCUT2D eigenvalue weighted by atomic mass is 16.3. The van der Waals surface area contributed by atoms with Gasteiger partial charge in [0.15, 0.2) is 0 Å². The highest BCUT2D eigenvalue weighted by Crippen LogP contribution is 2.70. The molecule has 8 saturated carbocycles. The molecule has 0 aromatic rings. The molecule has 436 valence electrons. The molecule has 0 aliphatic heterocycles. The minimum Gasteiger partial charge on any atom is -0.396 e. The summed E-state index contributed by atoms with van der Waals surface area (Å²) >= 11 is 0. The third kappa shape index (κ3) is 12.6. The number of nitrogens with zero attached hydrogens (tertiary/aromatic N) is 1. The lowest BCUT2D eigenvalue weighted by Gasteiger charge is -2.64. The molecule has 8 aliphatic carbocycles. The van der Waals surface area contributed by atoms with Crippen LogP contribution in [0.5, 0.6) is 0 Å². The zero-order valence-corrected chi connectivity index (χ0v) is 48.2. The molecule has 13 heteroatoms. The van der Waals surface area contributed by atoms with Crippen LogP contribution in [-0.4, -0.2) is 123 Å². The lowest BCUT2D eigenvalue weighted by Crippen LogP contribution is -2.61. The summed E-state index contributed by atoms with van der Waals surface area (Å²) in [5.41, 5.74) is 5.27. The average molecular weight is 1070 g/mol. The quantitative estimate of drug-likeness (QED) is 0.0399. The molecule has 8 rings (SSSR count). The van der Waals surface area contributed by atoms with E-state index in [0.29, 0.717) is 112 Å². The summed E-state index contributed by atoms with van der Waals surface area (Å²) in [6.07, 6.45) is 21.1. The van der Waals surface area contributed by atoms with Crippen LogP contribution in [0.4, 0.5) is 0 Å². The summed E-state index contributed by atoms with van der Waals surface area (Å²) < 4.78 is 0. The van der Waals surface area contributed by atoms with E-state index in [0.717, 1.165) is 148 Å². The SMILES string of the molecule is C[C@H](CCC(=O)NCCCCN(CCCNC(=O)CC[C@@H](C)C1CCC2C3C(CO)CC4CC(O)CCC4(C)C3CC(O)C21C)C(=O)CCCCCCCN)C1CCC2C3C(O)CC4CC(O)CCC4C3CC(O)C21C. The van der Waals surface area contributed by atoms with Crippen molar-refractivity contribution in [2.75, 3.05) is 39.3 Å². The number of aliphatic hydroxyl groups excluding tert-OH is 6. The second-order valence-electron chi connectivity index (χ2n) is 28.2. The molecule has 13 nitrogen and oxygen atoms in total. The summed E-state index contributed by atoms with van der Waals surface area (Å²) in [7, 11) is 0. The zero-order valence-electron chi connectivity index (χ0n) is 48.2. The topological polar surface area (TPSA) is 226 Å². The molecule has 8 aliphatic rings. The van der Waals surface area contributed by atoms with Crippen LogP contribution in [0.2, 0.25) is 0 Å². The summed E-state index contributed by atoms with van der Waals surface area (Å²) in [4.78, 5) is 42.2. The van der Waals surface area contributed by atoms with Crippen LogP contribution >= 0.6 is 0 Å². The first kappa shape index (κ1) is 60.2. The van der Waals surface area contributed by atoms with Gasteiger partial charge in [-0.1, -0.05) is 53.9 Å². The zero-order chi connectivity index (χ0) is 54.5. The molecule has 0 saturated heterocycles. The first-order valence-electron chi connectivity index (χ1n) is 31.9. The number of carbonyl (C=O) groups is 3. The Morgan fingerprint density at radius 1 is 0.592 bits per heavy atom. The second kappa shape index (κ2) is 26.4. The van der Waals surface area contributed by atoms with Gasteiger partial charge >= 0.3 is 0 Å². The maximum Gasteiger partial charge on any atom is 0.222 e. The van der Waals surface area contributed by atoms with E-state index >= 15 is 0 Å². The van der Waals surface area contributed by atoms with E-state index in [1.165, 1.54) is 0 Å². The maximum absolute atomic E-state index is 13.6. The minimum absolute atomic E-state index is 0.0352. The highest BCUT2D eigenvalue weighted by Gasteiger charge is 2.66. The number of amides is 3. The van der Waals surface area contributed by atoms with Crippen molar-refractivity contribution in [1.29, 1.82) is 0 Å². The summed E-state index contributed by atoms with van der Waals surface area (Å²) in [5, 5.41) is 73.6. The number of rotatable bonds is 25. The number of fused-ring (bicyclic) bond motifs is 10. The number of unbranched alkanes of at least 4 members (excludes halogenated alkanes) is 5. The summed E-state index contributed by atoms with van der Waals surface area (Å²) in [6, 6.07) is 0. The highest BCUT2D eigenvalue weighted by molar-refractivity contribution is 5.77. The second-order valence-corrected chi connectivity index (χ2v) is 28.2. The van der Waals surface area contributed by atoms with Gasteiger partial charge in [0.1, 0.15) is 0 Å². The number of hydrogen-bond acceptors (Lipinski definition) is 10. The molecular formula is C63H110N4O9. The van der Waals surface area contributed by atoms with Gasteiger partial charge in [0, 0.05) is 52.0 Å². The van der Waals surface area contributed by atoms with Crippen molar-refractivity contribution in [3.05, 3.63) is 0 Å². The van der Waals surface area contributed by atoms with Gasteiger partial charge in [0.25, 0.3) is 0 Å². The predicted molar refractivity (Wildman–Crippen MR) is 298 cm³/mol. The van der Waals surface area contributed by atoms with Crippen LogP contribution < -0.4 is 16.4 Å². The first-order valence-corrected chi connectivity index (χ1v) is 31.9. The number of hydrogen-bond donors (Lipinski definition) is 9. The van der Waals surface area contributed by atoms with Gasteiger partial charge in [-0.15, -0.1) is 0 Å². The fourth-order valence-corrected chi connectivity index (χ4v) is 20.2. The molecule has 0 radical (unpaired) electrons. The molecule has 8 fully saturated rings. The lowest BCUT2D eigenvalue weighted by atomic mass is 9.41.